The number of aryl methyl sites for hydroxylation is 1. The molecule has 0 spiro atoms. The lowest BCUT2D eigenvalue weighted by atomic mass is 10.1. The molecule has 0 unspecified atom stereocenters. The molecular weight excluding hydrogens is 262 g/mol. The summed E-state index contributed by atoms with van der Waals surface area (Å²) < 4.78 is 26.9. The molecular formula is C14H16F2N4. The molecule has 0 atom stereocenters. The van der Waals surface area contributed by atoms with Gasteiger partial charge in [-0.1, -0.05) is 25.5 Å². The highest BCUT2D eigenvalue weighted by Crippen LogP contribution is 2.22. The van der Waals surface area contributed by atoms with Crippen molar-refractivity contribution in [2.75, 3.05) is 10.7 Å². The van der Waals surface area contributed by atoms with Gasteiger partial charge in [0.2, 0.25) is 0 Å². The van der Waals surface area contributed by atoms with Crippen LogP contribution in [0.2, 0.25) is 0 Å². The van der Waals surface area contributed by atoms with Crippen LogP contribution in [0.15, 0.2) is 30.3 Å². The van der Waals surface area contributed by atoms with E-state index in [1.165, 1.54) is 5.56 Å². The number of hydrogen-bond donors (Lipinski definition) is 3. The minimum Gasteiger partial charge on any atom is -0.338 e. The standard InChI is InChI=1S/C14H16F2N4/c1-2-3-9-4-6-10(7-5-9)18-13-11(15)8-12(16)14(19-13)20-17/h4-8H,2-3,17H2,1H3,(H2,18,19,20). The third-order valence-corrected chi connectivity index (χ3v) is 2.82. The van der Waals surface area contributed by atoms with Gasteiger partial charge in [0, 0.05) is 11.8 Å². The first-order chi connectivity index (χ1) is 9.63. The van der Waals surface area contributed by atoms with Crippen molar-refractivity contribution >= 4 is 17.3 Å². The van der Waals surface area contributed by atoms with Gasteiger partial charge in [0.1, 0.15) is 0 Å². The molecule has 0 aliphatic heterocycles. The van der Waals surface area contributed by atoms with Gasteiger partial charge in [0.25, 0.3) is 0 Å². The largest absolute Gasteiger partial charge is 0.338 e. The Labute approximate surface area is 116 Å². The molecule has 0 saturated carbocycles. The maximum absolute atomic E-state index is 13.6. The minimum absolute atomic E-state index is 0.0809. The summed E-state index contributed by atoms with van der Waals surface area (Å²) in [5.74, 6) is 3.20. The zero-order valence-electron chi connectivity index (χ0n) is 11.1. The lowest BCUT2D eigenvalue weighted by Crippen LogP contribution is -2.12. The number of benzene rings is 1. The topological polar surface area (TPSA) is 63.0 Å². The summed E-state index contributed by atoms with van der Waals surface area (Å²) in [6, 6.07) is 8.29. The molecule has 1 aromatic heterocycles. The summed E-state index contributed by atoms with van der Waals surface area (Å²) in [6.45, 7) is 2.10. The van der Waals surface area contributed by atoms with Gasteiger partial charge in [-0.25, -0.2) is 19.6 Å². The summed E-state index contributed by atoms with van der Waals surface area (Å²) >= 11 is 0. The van der Waals surface area contributed by atoms with Crippen LogP contribution in [0.3, 0.4) is 0 Å². The van der Waals surface area contributed by atoms with Gasteiger partial charge >= 0.3 is 0 Å². The quantitative estimate of drug-likeness (QED) is 0.580. The Kier molecular flexibility index (Phi) is 4.47. The lowest BCUT2D eigenvalue weighted by Gasteiger charge is -2.10. The van der Waals surface area contributed by atoms with E-state index in [4.69, 9.17) is 5.84 Å². The Bertz CT molecular complexity index is 584. The van der Waals surface area contributed by atoms with E-state index in [1.54, 1.807) is 0 Å². The summed E-state index contributed by atoms with van der Waals surface area (Å²) in [5, 5.41) is 2.80. The number of aromatic nitrogens is 1. The molecule has 0 fully saturated rings. The van der Waals surface area contributed by atoms with E-state index < -0.39 is 11.6 Å². The number of nitrogen functional groups attached to an aromatic ring is 1. The van der Waals surface area contributed by atoms with E-state index in [1.807, 2.05) is 24.3 Å². The first-order valence-corrected chi connectivity index (χ1v) is 6.32. The van der Waals surface area contributed by atoms with Crippen LogP contribution in [-0.2, 0) is 6.42 Å². The van der Waals surface area contributed by atoms with Crippen LogP contribution in [0.1, 0.15) is 18.9 Å². The summed E-state index contributed by atoms with van der Waals surface area (Å²) in [7, 11) is 0. The predicted molar refractivity (Wildman–Crippen MR) is 75.7 cm³/mol. The van der Waals surface area contributed by atoms with Gasteiger partial charge in [0.05, 0.1) is 0 Å². The zero-order valence-corrected chi connectivity index (χ0v) is 11.1. The van der Waals surface area contributed by atoms with Crippen molar-refractivity contribution in [3.63, 3.8) is 0 Å². The van der Waals surface area contributed by atoms with Gasteiger partial charge < -0.3 is 10.7 Å². The van der Waals surface area contributed by atoms with Crippen LogP contribution in [0, 0.1) is 11.6 Å². The van der Waals surface area contributed by atoms with Crippen LogP contribution >= 0.6 is 0 Å². The fourth-order valence-electron chi connectivity index (χ4n) is 1.84. The van der Waals surface area contributed by atoms with E-state index in [-0.39, 0.29) is 11.6 Å². The monoisotopic (exact) mass is 278 g/mol. The molecule has 20 heavy (non-hydrogen) atoms. The van der Waals surface area contributed by atoms with Crippen LogP contribution in [0.25, 0.3) is 0 Å². The van der Waals surface area contributed by atoms with E-state index in [2.05, 4.69) is 22.7 Å². The second-order valence-corrected chi connectivity index (χ2v) is 4.37. The molecule has 0 aliphatic rings. The first kappa shape index (κ1) is 14.2. The number of nitrogens with two attached hydrogens (primary N) is 1. The van der Waals surface area contributed by atoms with E-state index in [9.17, 15) is 8.78 Å². The van der Waals surface area contributed by atoms with Gasteiger partial charge in [-0.2, -0.15) is 0 Å². The average Bonchev–Trinajstić information content (AvgIpc) is 2.44. The third-order valence-electron chi connectivity index (χ3n) is 2.82. The molecule has 0 bridgehead atoms. The Morgan fingerprint density at radius 1 is 1.10 bits per heavy atom. The Morgan fingerprint density at radius 3 is 2.35 bits per heavy atom. The fraction of sp³-hybridized carbons (Fsp3) is 0.214. The maximum Gasteiger partial charge on any atom is 0.178 e. The van der Waals surface area contributed by atoms with Crippen LogP contribution in [-0.4, -0.2) is 4.98 Å². The van der Waals surface area contributed by atoms with Crippen LogP contribution < -0.4 is 16.6 Å². The number of halogens is 2. The summed E-state index contributed by atoms with van der Waals surface area (Å²) in [5.41, 5.74) is 3.96. The number of rotatable bonds is 5. The zero-order chi connectivity index (χ0) is 14.5. The number of hydrazine groups is 1. The number of nitrogens with one attached hydrogen (secondary N) is 2. The predicted octanol–water partition coefficient (Wildman–Crippen LogP) is 3.34. The number of hydrogen-bond acceptors (Lipinski definition) is 4. The van der Waals surface area contributed by atoms with Crippen molar-refractivity contribution < 1.29 is 8.78 Å². The molecule has 4 N–H and O–H groups in total. The highest BCUT2D eigenvalue weighted by molar-refractivity contribution is 5.59. The first-order valence-electron chi connectivity index (χ1n) is 6.32. The molecule has 2 rings (SSSR count). The molecule has 2 aromatic rings. The second kappa shape index (κ2) is 6.29. The number of anilines is 3. The fourth-order valence-corrected chi connectivity index (χ4v) is 1.84. The summed E-state index contributed by atoms with van der Waals surface area (Å²) in [4.78, 5) is 3.75. The number of pyridine rings is 1. The van der Waals surface area contributed by atoms with Crippen LogP contribution in [0.5, 0.6) is 0 Å². The molecule has 1 heterocycles. The third kappa shape index (κ3) is 3.21. The van der Waals surface area contributed by atoms with Crippen molar-refractivity contribution in [1.82, 2.24) is 4.98 Å². The van der Waals surface area contributed by atoms with Gasteiger partial charge in [-0.3, -0.25) is 0 Å². The van der Waals surface area contributed by atoms with Crippen LogP contribution in [0.4, 0.5) is 26.1 Å². The molecule has 0 aliphatic carbocycles. The van der Waals surface area contributed by atoms with Crippen molar-refractivity contribution in [3.05, 3.63) is 47.5 Å². The van der Waals surface area contributed by atoms with Gasteiger partial charge in [-0.05, 0) is 24.1 Å². The van der Waals surface area contributed by atoms with E-state index in [0.29, 0.717) is 5.69 Å². The van der Waals surface area contributed by atoms with E-state index >= 15 is 0 Å². The maximum atomic E-state index is 13.6. The molecule has 1 aromatic carbocycles. The van der Waals surface area contributed by atoms with E-state index in [0.717, 1.165) is 18.9 Å². The van der Waals surface area contributed by atoms with Crippen molar-refractivity contribution in [1.29, 1.82) is 0 Å². The number of nitrogens with zero attached hydrogens (tertiary/aromatic N) is 1. The minimum atomic E-state index is -0.839. The molecule has 106 valence electrons. The molecule has 0 amide bonds. The smallest absolute Gasteiger partial charge is 0.178 e. The lowest BCUT2D eigenvalue weighted by molar-refractivity contribution is 0.579. The molecule has 4 nitrogen and oxygen atoms in total. The van der Waals surface area contributed by atoms with Crippen molar-refractivity contribution in [2.24, 2.45) is 5.84 Å². The Balaban J connectivity index is 2.21. The van der Waals surface area contributed by atoms with Gasteiger partial charge in [0.15, 0.2) is 23.3 Å². The molecule has 6 heteroatoms. The van der Waals surface area contributed by atoms with Crippen molar-refractivity contribution in [3.8, 4) is 0 Å². The highest BCUT2D eigenvalue weighted by atomic mass is 19.1. The summed E-state index contributed by atoms with van der Waals surface area (Å²) in [6.07, 6.45) is 2.05. The Hall–Kier alpha value is -2.21. The molecule has 0 saturated heterocycles. The van der Waals surface area contributed by atoms with Crippen molar-refractivity contribution in [2.45, 2.75) is 19.8 Å². The highest BCUT2D eigenvalue weighted by Gasteiger charge is 2.11. The van der Waals surface area contributed by atoms with Gasteiger partial charge in [-0.15, -0.1) is 0 Å². The Morgan fingerprint density at radius 2 is 1.75 bits per heavy atom. The second-order valence-electron chi connectivity index (χ2n) is 4.37. The molecule has 0 radical (unpaired) electrons. The SMILES string of the molecule is CCCc1ccc(Nc2nc(NN)c(F)cc2F)cc1. The normalized spacial score (nSPS) is 10.4. The average molecular weight is 278 g/mol.